The van der Waals surface area contributed by atoms with Crippen LogP contribution >= 0.6 is 11.6 Å². The fourth-order valence-corrected chi connectivity index (χ4v) is 2.11. The second kappa shape index (κ2) is 4.96. The Morgan fingerprint density at radius 2 is 1.87 bits per heavy atom. The standard InChI is InChI=1S/C10H14ClNO2S/c1-15(13,14)9-4-2-8(3-5-9)10(12)6-7-11/h2-5,10H,6-7,12H2,1H3. The first-order chi connectivity index (χ1) is 6.95. The molecule has 0 heterocycles. The molecule has 3 nitrogen and oxygen atoms in total. The molecule has 0 spiro atoms. The molecule has 0 saturated heterocycles. The number of hydrogen-bond donors (Lipinski definition) is 1. The number of nitrogens with two attached hydrogens (primary N) is 1. The summed E-state index contributed by atoms with van der Waals surface area (Å²) in [5.74, 6) is 0.495. The van der Waals surface area contributed by atoms with E-state index in [9.17, 15) is 8.42 Å². The average molecular weight is 248 g/mol. The van der Waals surface area contributed by atoms with Crippen LogP contribution in [0.5, 0.6) is 0 Å². The van der Waals surface area contributed by atoms with Gasteiger partial charge >= 0.3 is 0 Å². The first kappa shape index (κ1) is 12.5. The quantitative estimate of drug-likeness (QED) is 0.825. The molecular weight excluding hydrogens is 234 g/mol. The van der Waals surface area contributed by atoms with Crippen molar-refractivity contribution in [3.8, 4) is 0 Å². The SMILES string of the molecule is CS(=O)(=O)c1ccc(C(N)CCCl)cc1. The second-order valence-corrected chi connectivity index (χ2v) is 5.82. The van der Waals surface area contributed by atoms with Gasteiger partial charge in [-0.15, -0.1) is 11.6 Å². The van der Waals surface area contributed by atoms with Crippen molar-refractivity contribution < 1.29 is 8.42 Å². The molecule has 1 atom stereocenters. The average Bonchev–Trinajstić information content (AvgIpc) is 2.17. The first-order valence-corrected chi connectivity index (χ1v) is 6.99. The Morgan fingerprint density at radius 1 is 1.33 bits per heavy atom. The highest BCUT2D eigenvalue weighted by molar-refractivity contribution is 7.90. The highest BCUT2D eigenvalue weighted by atomic mass is 35.5. The summed E-state index contributed by atoms with van der Waals surface area (Å²) in [7, 11) is -3.12. The van der Waals surface area contributed by atoms with Gasteiger partial charge in [-0.05, 0) is 24.1 Å². The van der Waals surface area contributed by atoms with Gasteiger partial charge in [0.05, 0.1) is 4.90 Å². The van der Waals surface area contributed by atoms with E-state index >= 15 is 0 Å². The molecule has 2 N–H and O–H groups in total. The summed E-state index contributed by atoms with van der Waals surface area (Å²) in [5, 5.41) is 0. The molecule has 1 unspecified atom stereocenters. The van der Waals surface area contributed by atoms with Crippen LogP contribution < -0.4 is 5.73 Å². The summed E-state index contributed by atoms with van der Waals surface area (Å²) in [6.45, 7) is 0. The van der Waals surface area contributed by atoms with Crippen molar-refractivity contribution in [3.63, 3.8) is 0 Å². The third kappa shape index (κ3) is 3.48. The van der Waals surface area contributed by atoms with Gasteiger partial charge in [-0.3, -0.25) is 0 Å². The highest BCUT2D eigenvalue weighted by Crippen LogP contribution is 2.17. The Kier molecular flexibility index (Phi) is 4.13. The summed E-state index contributed by atoms with van der Waals surface area (Å²) < 4.78 is 22.4. The van der Waals surface area contributed by atoms with Crippen molar-refractivity contribution >= 4 is 21.4 Å². The predicted octanol–water partition coefficient (Wildman–Crippen LogP) is 1.72. The van der Waals surface area contributed by atoms with E-state index < -0.39 is 9.84 Å². The molecule has 0 fully saturated rings. The van der Waals surface area contributed by atoms with Gasteiger partial charge in [-0.1, -0.05) is 12.1 Å². The van der Waals surface area contributed by atoms with Crippen molar-refractivity contribution in [2.75, 3.05) is 12.1 Å². The molecule has 0 radical (unpaired) electrons. The maximum absolute atomic E-state index is 11.2. The van der Waals surface area contributed by atoms with Gasteiger partial charge < -0.3 is 5.73 Å². The Bertz CT molecular complexity index is 414. The molecular formula is C10H14ClNO2S. The molecule has 0 aromatic heterocycles. The van der Waals surface area contributed by atoms with E-state index in [2.05, 4.69) is 0 Å². The van der Waals surface area contributed by atoms with Gasteiger partial charge in [0.2, 0.25) is 0 Å². The maximum atomic E-state index is 11.2. The summed E-state index contributed by atoms with van der Waals surface area (Å²) in [6.07, 6.45) is 1.86. The predicted molar refractivity (Wildman–Crippen MR) is 61.8 cm³/mol. The fourth-order valence-electron chi connectivity index (χ4n) is 1.25. The van der Waals surface area contributed by atoms with Gasteiger partial charge in [0.15, 0.2) is 9.84 Å². The summed E-state index contributed by atoms with van der Waals surface area (Å²) >= 11 is 5.57. The topological polar surface area (TPSA) is 60.2 Å². The van der Waals surface area contributed by atoms with Crippen LogP contribution in [0.2, 0.25) is 0 Å². The summed E-state index contributed by atoms with van der Waals surface area (Å²) in [5.41, 5.74) is 6.74. The molecule has 1 rings (SSSR count). The molecule has 5 heteroatoms. The van der Waals surface area contributed by atoms with E-state index in [1.807, 2.05) is 0 Å². The normalized spacial score (nSPS) is 13.8. The maximum Gasteiger partial charge on any atom is 0.175 e. The zero-order valence-corrected chi connectivity index (χ0v) is 10.1. The molecule has 84 valence electrons. The fraction of sp³-hybridized carbons (Fsp3) is 0.400. The van der Waals surface area contributed by atoms with Gasteiger partial charge in [0, 0.05) is 18.2 Å². The lowest BCUT2D eigenvalue weighted by molar-refractivity contribution is 0.601. The van der Waals surface area contributed by atoms with Crippen molar-refractivity contribution in [2.24, 2.45) is 5.73 Å². The minimum absolute atomic E-state index is 0.129. The van der Waals surface area contributed by atoms with E-state index in [1.54, 1.807) is 24.3 Å². The van der Waals surface area contributed by atoms with Gasteiger partial charge in [0.1, 0.15) is 0 Å². The lowest BCUT2D eigenvalue weighted by Crippen LogP contribution is -2.10. The molecule has 0 aliphatic carbocycles. The van der Waals surface area contributed by atoms with Crippen LogP contribution in [0.25, 0.3) is 0 Å². The number of rotatable bonds is 4. The van der Waals surface area contributed by atoms with Crippen LogP contribution in [-0.4, -0.2) is 20.6 Å². The van der Waals surface area contributed by atoms with Crippen molar-refractivity contribution in [1.29, 1.82) is 0 Å². The summed E-state index contributed by atoms with van der Waals surface area (Å²) in [4.78, 5) is 0.310. The van der Waals surface area contributed by atoms with Crippen molar-refractivity contribution in [2.45, 2.75) is 17.4 Å². The third-order valence-electron chi connectivity index (χ3n) is 2.16. The molecule has 1 aromatic rings. The Labute approximate surface area is 95.2 Å². The van der Waals surface area contributed by atoms with Crippen LogP contribution in [0, 0.1) is 0 Å². The summed E-state index contributed by atoms with van der Waals surface area (Å²) in [6, 6.07) is 6.47. The number of halogens is 1. The zero-order valence-electron chi connectivity index (χ0n) is 8.48. The molecule has 0 aliphatic heterocycles. The molecule has 15 heavy (non-hydrogen) atoms. The monoisotopic (exact) mass is 247 g/mol. The Balaban J connectivity index is 2.90. The van der Waals surface area contributed by atoms with E-state index in [0.717, 1.165) is 5.56 Å². The lowest BCUT2D eigenvalue weighted by atomic mass is 10.1. The molecule has 1 aromatic carbocycles. The van der Waals surface area contributed by atoms with E-state index in [1.165, 1.54) is 6.26 Å². The number of alkyl halides is 1. The van der Waals surface area contributed by atoms with Crippen LogP contribution in [0.4, 0.5) is 0 Å². The van der Waals surface area contributed by atoms with Crippen LogP contribution in [0.15, 0.2) is 29.2 Å². The first-order valence-electron chi connectivity index (χ1n) is 4.56. The van der Waals surface area contributed by atoms with E-state index in [4.69, 9.17) is 17.3 Å². The van der Waals surface area contributed by atoms with Gasteiger partial charge in [-0.25, -0.2) is 8.42 Å². The van der Waals surface area contributed by atoms with E-state index in [0.29, 0.717) is 17.2 Å². The number of sulfone groups is 1. The second-order valence-electron chi connectivity index (χ2n) is 3.43. The van der Waals surface area contributed by atoms with Crippen LogP contribution in [-0.2, 0) is 9.84 Å². The lowest BCUT2D eigenvalue weighted by Gasteiger charge is -2.10. The third-order valence-corrected chi connectivity index (χ3v) is 3.50. The molecule has 0 aliphatic rings. The number of hydrogen-bond acceptors (Lipinski definition) is 3. The van der Waals surface area contributed by atoms with E-state index in [-0.39, 0.29) is 6.04 Å². The largest absolute Gasteiger partial charge is 0.324 e. The molecule has 0 bridgehead atoms. The zero-order chi connectivity index (χ0) is 11.5. The minimum atomic E-state index is -3.12. The van der Waals surface area contributed by atoms with Crippen molar-refractivity contribution in [3.05, 3.63) is 29.8 Å². The van der Waals surface area contributed by atoms with Gasteiger partial charge in [0.25, 0.3) is 0 Å². The Morgan fingerprint density at radius 3 is 2.27 bits per heavy atom. The smallest absolute Gasteiger partial charge is 0.175 e. The molecule has 0 amide bonds. The highest BCUT2D eigenvalue weighted by Gasteiger charge is 2.09. The minimum Gasteiger partial charge on any atom is -0.324 e. The molecule has 0 saturated carbocycles. The van der Waals surface area contributed by atoms with Gasteiger partial charge in [-0.2, -0.15) is 0 Å². The van der Waals surface area contributed by atoms with Crippen LogP contribution in [0.1, 0.15) is 18.0 Å². The van der Waals surface area contributed by atoms with Crippen LogP contribution in [0.3, 0.4) is 0 Å². The van der Waals surface area contributed by atoms with Crippen molar-refractivity contribution in [1.82, 2.24) is 0 Å². The number of benzene rings is 1. The Hall–Kier alpha value is -0.580.